The van der Waals surface area contributed by atoms with Crippen molar-refractivity contribution in [3.05, 3.63) is 65.7 Å². The fourth-order valence-electron chi connectivity index (χ4n) is 2.72. The lowest BCUT2D eigenvalue weighted by atomic mass is 10.1. The molecule has 6 nitrogen and oxygen atoms in total. The van der Waals surface area contributed by atoms with Crippen LogP contribution in [0.25, 0.3) is 0 Å². The molecule has 28 heavy (non-hydrogen) atoms. The first-order valence-electron chi connectivity index (χ1n) is 9.42. The van der Waals surface area contributed by atoms with Crippen LogP contribution in [0.4, 0.5) is 5.69 Å². The minimum absolute atomic E-state index is 0.0655. The Morgan fingerprint density at radius 3 is 2.21 bits per heavy atom. The van der Waals surface area contributed by atoms with Crippen LogP contribution in [-0.2, 0) is 20.7 Å². The number of carbonyl (C=O) groups is 3. The summed E-state index contributed by atoms with van der Waals surface area (Å²) in [4.78, 5) is 36.6. The molecule has 0 saturated carbocycles. The monoisotopic (exact) mass is 382 g/mol. The minimum atomic E-state index is -0.657. The molecule has 2 amide bonds. The maximum atomic E-state index is 12.4. The van der Waals surface area contributed by atoms with E-state index in [1.807, 2.05) is 44.2 Å². The Kier molecular flexibility index (Phi) is 8.21. The zero-order valence-electron chi connectivity index (χ0n) is 16.2. The van der Waals surface area contributed by atoms with Gasteiger partial charge in [0, 0.05) is 6.04 Å². The highest BCUT2D eigenvalue weighted by atomic mass is 16.5. The number of amides is 2. The Bertz CT molecular complexity index is 801. The molecular weight excluding hydrogens is 356 g/mol. The molecule has 148 valence electrons. The van der Waals surface area contributed by atoms with Gasteiger partial charge in [-0.1, -0.05) is 56.3 Å². The van der Waals surface area contributed by atoms with E-state index in [1.165, 1.54) is 0 Å². The lowest BCUT2D eigenvalue weighted by molar-refractivity contribution is -0.125. The lowest BCUT2D eigenvalue weighted by Crippen LogP contribution is -2.36. The van der Waals surface area contributed by atoms with Gasteiger partial charge in [-0.3, -0.25) is 9.59 Å². The first-order chi connectivity index (χ1) is 13.5. The van der Waals surface area contributed by atoms with Crippen molar-refractivity contribution in [2.24, 2.45) is 0 Å². The number of hydrogen-bond donors (Lipinski definition) is 2. The van der Waals surface area contributed by atoms with E-state index >= 15 is 0 Å². The van der Waals surface area contributed by atoms with E-state index < -0.39 is 5.97 Å². The van der Waals surface area contributed by atoms with Crippen molar-refractivity contribution in [1.82, 2.24) is 5.32 Å². The summed E-state index contributed by atoms with van der Waals surface area (Å²) in [6.07, 6.45) is 1.82. The van der Waals surface area contributed by atoms with E-state index in [1.54, 1.807) is 24.3 Å². The molecule has 6 heteroatoms. The molecular formula is C22H26N2O4. The Morgan fingerprint density at radius 2 is 1.54 bits per heavy atom. The van der Waals surface area contributed by atoms with Crippen molar-refractivity contribution in [1.29, 1.82) is 0 Å². The largest absolute Gasteiger partial charge is 0.452 e. The highest BCUT2D eigenvalue weighted by molar-refractivity contribution is 6.02. The SMILES string of the molecule is CCC(CC)NC(=O)COC(=O)c1ccccc1NC(=O)Cc1ccccc1. The molecule has 0 bridgehead atoms. The molecule has 0 atom stereocenters. The van der Waals surface area contributed by atoms with Crippen LogP contribution in [0.15, 0.2) is 54.6 Å². The average Bonchev–Trinajstić information content (AvgIpc) is 2.71. The fraction of sp³-hybridized carbons (Fsp3) is 0.318. The molecule has 0 aliphatic rings. The van der Waals surface area contributed by atoms with E-state index in [9.17, 15) is 14.4 Å². The third-order valence-electron chi connectivity index (χ3n) is 4.31. The molecule has 0 radical (unpaired) electrons. The second-order valence-electron chi connectivity index (χ2n) is 6.41. The van der Waals surface area contributed by atoms with Crippen LogP contribution in [0.1, 0.15) is 42.6 Å². The van der Waals surface area contributed by atoms with Crippen LogP contribution in [0.3, 0.4) is 0 Å². The lowest BCUT2D eigenvalue weighted by Gasteiger charge is -2.15. The first kappa shape index (κ1) is 21.2. The second-order valence-corrected chi connectivity index (χ2v) is 6.41. The van der Waals surface area contributed by atoms with Crippen molar-refractivity contribution in [3.63, 3.8) is 0 Å². The summed E-state index contributed by atoms with van der Waals surface area (Å²) < 4.78 is 5.12. The van der Waals surface area contributed by atoms with Gasteiger partial charge in [-0.15, -0.1) is 0 Å². The van der Waals surface area contributed by atoms with Crippen molar-refractivity contribution in [2.75, 3.05) is 11.9 Å². The third kappa shape index (κ3) is 6.54. The Labute approximate surface area is 165 Å². The molecule has 0 heterocycles. The van der Waals surface area contributed by atoms with Gasteiger partial charge >= 0.3 is 5.97 Å². The van der Waals surface area contributed by atoms with Gasteiger partial charge < -0.3 is 15.4 Å². The fourth-order valence-corrected chi connectivity index (χ4v) is 2.72. The number of nitrogens with one attached hydrogen (secondary N) is 2. The normalized spacial score (nSPS) is 10.4. The zero-order valence-corrected chi connectivity index (χ0v) is 16.2. The molecule has 2 N–H and O–H groups in total. The van der Waals surface area contributed by atoms with Gasteiger partial charge in [0.05, 0.1) is 17.7 Å². The van der Waals surface area contributed by atoms with Gasteiger partial charge in [-0.2, -0.15) is 0 Å². The third-order valence-corrected chi connectivity index (χ3v) is 4.31. The van der Waals surface area contributed by atoms with Crippen LogP contribution in [-0.4, -0.2) is 30.4 Å². The molecule has 2 rings (SSSR count). The van der Waals surface area contributed by atoms with E-state index in [0.717, 1.165) is 18.4 Å². The van der Waals surface area contributed by atoms with E-state index in [0.29, 0.717) is 5.69 Å². The van der Waals surface area contributed by atoms with Crippen molar-refractivity contribution in [2.45, 2.75) is 39.2 Å². The Hall–Kier alpha value is -3.15. The average molecular weight is 382 g/mol. The van der Waals surface area contributed by atoms with Crippen LogP contribution in [0.5, 0.6) is 0 Å². The zero-order chi connectivity index (χ0) is 20.4. The number of benzene rings is 2. The number of rotatable bonds is 9. The van der Waals surface area contributed by atoms with E-state index in [-0.39, 0.29) is 36.4 Å². The van der Waals surface area contributed by atoms with Crippen molar-refractivity contribution in [3.8, 4) is 0 Å². The maximum Gasteiger partial charge on any atom is 0.340 e. The molecule has 0 spiro atoms. The van der Waals surface area contributed by atoms with Gasteiger partial charge in [0.1, 0.15) is 0 Å². The number of para-hydroxylation sites is 1. The summed E-state index contributed by atoms with van der Waals surface area (Å²) in [7, 11) is 0. The molecule has 0 fully saturated rings. The smallest absolute Gasteiger partial charge is 0.340 e. The molecule has 0 unspecified atom stereocenters. The van der Waals surface area contributed by atoms with Crippen LogP contribution in [0, 0.1) is 0 Å². The molecule has 0 aliphatic heterocycles. The van der Waals surface area contributed by atoms with Crippen molar-refractivity contribution >= 4 is 23.5 Å². The van der Waals surface area contributed by atoms with E-state index in [4.69, 9.17) is 4.74 Å². The van der Waals surface area contributed by atoms with Crippen LogP contribution < -0.4 is 10.6 Å². The minimum Gasteiger partial charge on any atom is -0.452 e. The number of ether oxygens (including phenoxy) is 1. The number of anilines is 1. The first-order valence-corrected chi connectivity index (χ1v) is 9.42. The van der Waals surface area contributed by atoms with Crippen LogP contribution in [0.2, 0.25) is 0 Å². The Balaban J connectivity index is 1.95. The van der Waals surface area contributed by atoms with Crippen molar-refractivity contribution < 1.29 is 19.1 Å². The van der Waals surface area contributed by atoms with Gasteiger partial charge in [-0.25, -0.2) is 4.79 Å². The highest BCUT2D eigenvalue weighted by Gasteiger charge is 2.17. The standard InChI is InChI=1S/C22H26N2O4/c1-3-17(4-2)23-21(26)15-28-22(27)18-12-8-9-13-19(18)24-20(25)14-16-10-6-5-7-11-16/h5-13,17H,3-4,14-15H2,1-2H3,(H,23,26)(H,24,25). The number of carbonyl (C=O) groups excluding carboxylic acids is 3. The Morgan fingerprint density at radius 1 is 0.893 bits per heavy atom. The molecule has 0 saturated heterocycles. The maximum absolute atomic E-state index is 12.4. The summed E-state index contributed by atoms with van der Waals surface area (Å²) in [6, 6.07) is 16.0. The summed E-state index contributed by atoms with van der Waals surface area (Å²) in [6.45, 7) is 3.60. The van der Waals surface area contributed by atoms with Gasteiger partial charge in [0.15, 0.2) is 6.61 Å². The highest BCUT2D eigenvalue weighted by Crippen LogP contribution is 2.17. The number of esters is 1. The number of hydrogen-bond acceptors (Lipinski definition) is 4. The summed E-state index contributed by atoms with van der Waals surface area (Å²) in [5.74, 6) is -1.24. The quantitative estimate of drug-likeness (QED) is 0.652. The molecule has 0 aromatic heterocycles. The molecule has 0 aliphatic carbocycles. The predicted molar refractivity (Wildman–Crippen MR) is 108 cm³/mol. The molecule has 2 aromatic carbocycles. The second kappa shape index (κ2) is 10.9. The van der Waals surface area contributed by atoms with Gasteiger partial charge in [0.2, 0.25) is 5.91 Å². The van der Waals surface area contributed by atoms with E-state index in [2.05, 4.69) is 10.6 Å². The topological polar surface area (TPSA) is 84.5 Å². The van der Waals surface area contributed by atoms with Gasteiger partial charge in [-0.05, 0) is 30.5 Å². The molecule has 2 aromatic rings. The summed E-state index contributed by atoms with van der Waals surface area (Å²) in [5.41, 5.74) is 1.44. The summed E-state index contributed by atoms with van der Waals surface area (Å²) >= 11 is 0. The van der Waals surface area contributed by atoms with Crippen LogP contribution >= 0.6 is 0 Å². The van der Waals surface area contributed by atoms with Gasteiger partial charge in [0.25, 0.3) is 5.91 Å². The summed E-state index contributed by atoms with van der Waals surface area (Å²) in [5, 5.41) is 5.55. The predicted octanol–water partition coefficient (Wildman–Crippen LogP) is 3.33.